The van der Waals surface area contributed by atoms with Crippen molar-refractivity contribution in [3.8, 4) is 0 Å². The number of carbonyl (C=O) groups is 3. The van der Waals surface area contributed by atoms with Crippen LogP contribution in [0.1, 0.15) is 58.6 Å². The minimum absolute atomic E-state index is 0.150. The minimum Gasteiger partial charge on any atom is -0.431 e. The van der Waals surface area contributed by atoms with Crippen molar-refractivity contribution >= 4 is 41.6 Å². The van der Waals surface area contributed by atoms with Crippen LogP contribution in [0.5, 0.6) is 0 Å². The van der Waals surface area contributed by atoms with Crippen molar-refractivity contribution in [1.29, 1.82) is 0 Å². The van der Waals surface area contributed by atoms with Crippen LogP contribution in [0.3, 0.4) is 0 Å². The highest BCUT2D eigenvalue weighted by molar-refractivity contribution is 8.05. The fourth-order valence-corrected chi connectivity index (χ4v) is 8.48. The minimum atomic E-state index is -1.18. The Morgan fingerprint density at radius 2 is 1.95 bits per heavy atom. The van der Waals surface area contributed by atoms with E-state index in [-0.39, 0.29) is 34.9 Å². The molecule has 1 amide bonds. The van der Waals surface area contributed by atoms with Gasteiger partial charge in [-0.3, -0.25) is 4.79 Å². The highest BCUT2D eigenvalue weighted by atomic mass is 32.2. The zero-order valence-electron chi connectivity index (χ0n) is 22.1. The first-order chi connectivity index (χ1) is 18.2. The number of imidazole rings is 1. The SMILES string of the molecule is Cc1cnc2n1CC(SC1=C(C(=O)OC(C)OC(=O)OC3CCCCC3)N3C(=O)[C@H]([C@@H](C)O)[C@H]3[C@H]1C)CS2. The molecule has 0 bridgehead atoms. The Labute approximate surface area is 230 Å². The summed E-state index contributed by atoms with van der Waals surface area (Å²) in [4.78, 5) is 45.4. The summed E-state index contributed by atoms with van der Waals surface area (Å²) in [5.41, 5.74) is 1.26. The zero-order valence-corrected chi connectivity index (χ0v) is 23.8. The van der Waals surface area contributed by atoms with Gasteiger partial charge in [0.05, 0.1) is 18.1 Å². The van der Waals surface area contributed by atoms with E-state index in [1.807, 2.05) is 20.0 Å². The van der Waals surface area contributed by atoms with E-state index in [0.717, 1.165) is 60.2 Å². The molecule has 3 aliphatic heterocycles. The second-order valence-electron chi connectivity index (χ2n) is 10.5. The predicted octanol–water partition coefficient (Wildman–Crippen LogP) is 3.84. The Morgan fingerprint density at radius 1 is 1.21 bits per heavy atom. The van der Waals surface area contributed by atoms with Gasteiger partial charge in [-0.05, 0) is 39.5 Å². The molecule has 1 saturated heterocycles. The molecule has 38 heavy (non-hydrogen) atoms. The van der Waals surface area contributed by atoms with Crippen molar-refractivity contribution in [3.05, 3.63) is 22.5 Å². The molecule has 12 heteroatoms. The van der Waals surface area contributed by atoms with Gasteiger partial charge >= 0.3 is 12.1 Å². The molecule has 2 fully saturated rings. The number of nitrogens with zero attached hydrogens (tertiary/aromatic N) is 3. The van der Waals surface area contributed by atoms with Gasteiger partial charge in [-0.15, -0.1) is 11.8 Å². The molecular formula is C26H35N3O7S2. The van der Waals surface area contributed by atoms with Crippen molar-refractivity contribution in [3.63, 3.8) is 0 Å². The van der Waals surface area contributed by atoms with Crippen LogP contribution in [0.2, 0.25) is 0 Å². The molecule has 0 aromatic carbocycles. The molecule has 1 N–H and O–H groups in total. The molecule has 4 aliphatic rings. The Bertz CT molecular complexity index is 1130. The highest BCUT2D eigenvalue weighted by Gasteiger charge is 2.60. The molecule has 2 unspecified atom stereocenters. The monoisotopic (exact) mass is 565 g/mol. The third kappa shape index (κ3) is 5.19. The fourth-order valence-electron chi connectivity index (χ4n) is 5.83. The van der Waals surface area contributed by atoms with Gasteiger partial charge < -0.3 is 28.8 Å². The lowest BCUT2D eigenvalue weighted by Crippen LogP contribution is -2.63. The van der Waals surface area contributed by atoms with Crippen LogP contribution in [-0.4, -0.2) is 73.1 Å². The van der Waals surface area contributed by atoms with Gasteiger partial charge in [-0.2, -0.15) is 0 Å². The average molecular weight is 566 g/mol. The van der Waals surface area contributed by atoms with Crippen LogP contribution in [0, 0.1) is 18.8 Å². The van der Waals surface area contributed by atoms with Gasteiger partial charge in [0.15, 0.2) is 5.16 Å². The van der Waals surface area contributed by atoms with Gasteiger partial charge in [0.1, 0.15) is 11.8 Å². The summed E-state index contributed by atoms with van der Waals surface area (Å²) >= 11 is 3.24. The van der Waals surface area contributed by atoms with Crippen LogP contribution in [-0.2, 0) is 30.3 Å². The van der Waals surface area contributed by atoms with E-state index < -0.39 is 30.4 Å². The number of hydrogen-bond acceptors (Lipinski definition) is 10. The molecular weight excluding hydrogens is 530 g/mol. The molecule has 1 aromatic rings. The molecule has 0 spiro atoms. The van der Waals surface area contributed by atoms with Crippen molar-refractivity contribution in [2.75, 3.05) is 5.75 Å². The summed E-state index contributed by atoms with van der Waals surface area (Å²) in [5, 5.41) is 11.4. The molecule has 10 nitrogen and oxygen atoms in total. The van der Waals surface area contributed by atoms with Crippen LogP contribution in [0.15, 0.2) is 22.0 Å². The number of fused-ring (bicyclic) bond motifs is 2. The molecule has 0 radical (unpaired) electrons. The Balaban J connectivity index is 1.31. The normalized spacial score (nSPS) is 28.8. The number of aryl methyl sites for hydroxylation is 1. The Morgan fingerprint density at radius 3 is 2.66 bits per heavy atom. The van der Waals surface area contributed by atoms with E-state index in [2.05, 4.69) is 9.55 Å². The molecule has 208 valence electrons. The molecule has 5 rings (SSSR count). The number of β-lactam (4-membered cyclic amide) rings is 1. The maximum absolute atomic E-state index is 13.4. The summed E-state index contributed by atoms with van der Waals surface area (Å²) in [6.07, 6.45) is 3.56. The quantitative estimate of drug-likeness (QED) is 0.297. The first-order valence-corrected chi connectivity index (χ1v) is 15.2. The lowest BCUT2D eigenvalue weighted by Gasteiger charge is -2.46. The van der Waals surface area contributed by atoms with E-state index in [1.165, 1.54) is 11.8 Å². The average Bonchev–Trinajstić information content (AvgIpc) is 3.34. The number of rotatable bonds is 7. The first-order valence-electron chi connectivity index (χ1n) is 13.3. The summed E-state index contributed by atoms with van der Waals surface area (Å²) < 4.78 is 18.3. The lowest BCUT2D eigenvalue weighted by molar-refractivity contribution is -0.174. The first kappa shape index (κ1) is 27.4. The third-order valence-corrected chi connectivity index (χ3v) is 10.6. The number of thioether (sulfide) groups is 2. The number of amides is 1. The molecule has 6 atom stereocenters. The second kappa shape index (κ2) is 11.1. The number of aliphatic hydroxyl groups is 1. The fraction of sp³-hybridized carbons (Fsp3) is 0.692. The smallest absolute Gasteiger partial charge is 0.431 e. The van der Waals surface area contributed by atoms with Crippen LogP contribution < -0.4 is 0 Å². The van der Waals surface area contributed by atoms with E-state index in [9.17, 15) is 19.5 Å². The Kier molecular flexibility index (Phi) is 8.02. The number of carbonyl (C=O) groups excluding carboxylic acids is 3. The summed E-state index contributed by atoms with van der Waals surface area (Å²) in [6.45, 7) is 7.80. The molecule has 1 aromatic heterocycles. The summed E-state index contributed by atoms with van der Waals surface area (Å²) in [5.74, 6) is -0.934. The number of esters is 1. The van der Waals surface area contributed by atoms with Gasteiger partial charge in [0.25, 0.3) is 0 Å². The molecule has 1 aliphatic carbocycles. The van der Waals surface area contributed by atoms with Crippen molar-refractivity contribution in [2.24, 2.45) is 11.8 Å². The summed E-state index contributed by atoms with van der Waals surface area (Å²) in [6, 6.07) is -0.318. The Hall–Kier alpha value is -2.18. The van der Waals surface area contributed by atoms with Crippen molar-refractivity contribution < 1.29 is 33.7 Å². The van der Waals surface area contributed by atoms with E-state index in [0.29, 0.717) is 0 Å². The standard InChI is InChI=1S/C26H35N3O7S2/c1-13-10-27-25-28(13)11-18(12-37-25)38-22-14(2)20-19(15(3)30)23(31)29(20)21(22)24(32)34-16(4)35-26(33)36-17-8-6-5-7-9-17/h10,14-20,30H,5-9,11-12H2,1-4H3/t14-,15-,16?,18?,19-,20-/m1/s1. The maximum Gasteiger partial charge on any atom is 0.511 e. The number of aromatic nitrogens is 2. The maximum atomic E-state index is 13.4. The highest BCUT2D eigenvalue weighted by Crippen LogP contribution is 2.52. The van der Waals surface area contributed by atoms with Crippen molar-refractivity contribution in [1.82, 2.24) is 14.5 Å². The lowest BCUT2D eigenvalue weighted by atomic mass is 9.79. The molecule has 4 heterocycles. The number of aliphatic hydroxyl groups excluding tert-OH is 1. The topological polar surface area (TPSA) is 120 Å². The van der Waals surface area contributed by atoms with Gasteiger partial charge in [-0.25, -0.2) is 14.6 Å². The van der Waals surface area contributed by atoms with Gasteiger partial charge in [0.2, 0.25) is 12.2 Å². The van der Waals surface area contributed by atoms with Crippen LogP contribution in [0.25, 0.3) is 0 Å². The van der Waals surface area contributed by atoms with Crippen molar-refractivity contribution in [2.45, 2.75) is 101 Å². The van der Waals surface area contributed by atoms with Crippen LogP contribution in [0.4, 0.5) is 4.79 Å². The molecule has 1 saturated carbocycles. The van der Waals surface area contributed by atoms with Gasteiger partial charge in [0, 0.05) is 47.2 Å². The second-order valence-corrected chi connectivity index (χ2v) is 12.9. The number of ether oxygens (including phenoxy) is 3. The predicted molar refractivity (Wildman–Crippen MR) is 141 cm³/mol. The largest absolute Gasteiger partial charge is 0.511 e. The number of hydrogen-bond donors (Lipinski definition) is 1. The van der Waals surface area contributed by atoms with Gasteiger partial charge in [-0.1, -0.05) is 25.1 Å². The van der Waals surface area contributed by atoms with Crippen LogP contribution >= 0.6 is 23.5 Å². The zero-order chi connectivity index (χ0) is 27.1. The third-order valence-electron chi connectivity index (χ3n) is 7.75. The van der Waals surface area contributed by atoms with E-state index in [4.69, 9.17) is 14.2 Å². The summed E-state index contributed by atoms with van der Waals surface area (Å²) in [7, 11) is 0. The van der Waals surface area contributed by atoms with E-state index in [1.54, 1.807) is 30.4 Å². The van der Waals surface area contributed by atoms with E-state index >= 15 is 0 Å².